The van der Waals surface area contributed by atoms with Gasteiger partial charge in [0.15, 0.2) is 0 Å². The van der Waals surface area contributed by atoms with E-state index >= 15 is 0 Å². The highest BCUT2D eigenvalue weighted by molar-refractivity contribution is 14.1. The Labute approximate surface area is 127 Å². The Bertz CT molecular complexity index is 597. The number of hydrogen-bond donors (Lipinski definition) is 1. The van der Waals surface area contributed by atoms with Gasteiger partial charge in [-0.1, -0.05) is 18.2 Å². The zero-order valence-corrected chi connectivity index (χ0v) is 12.7. The molecular formula is C13H10INO3S. The molecule has 0 bridgehead atoms. The fraction of sp³-hybridized carbons (Fsp3) is 0.0769. The summed E-state index contributed by atoms with van der Waals surface area (Å²) < 4.78 is 0.990. The number of para-hydroxylation sites is 1. The van der Waals surface area contributed by atoms with Crippen LogP contribution in [-0.4, -0.2) is 23.5 Å². The van der Waals surface area contributed by atoms with Gasteiger partial charge in [0.05, 0.1) is 8.45 Å². The van der Waals surface area contributed by atoms with Gasteiger partial charge in [0, 0.05) is 11.1 Å². The van der Waals surface area contributed by atoms with Gasteiger partial charge in [-0.25, -0.2) is 0 Å². The third kappa shape index (κ3) is 3.54. The lowest BCUT2D eigenvalue weighted by Gasteiger charge is -2.20. The number of hydrogen-bond acceptors (Lipinski definition) is 3. The molecule has 6 heteroatoms. The lowest BCUT2D eigenvalue weighted by Crippen LogP contribution is -2.35. The molecule has 0 saturated carbocycles. The van der Waals surface area contributed by atoms with Crippen LogP contribution in [0.4, 0.5) is 5.69 Å². The van der Waals surface area contributed by atoms with Gasteiger partial charge < -0.3 is 5.11 Å². The minimum atomic E-state index is -1.04. The number of carboxylic acid groups (broad SMARTS) is 1. The molecule has 1 heterocycles. The molecular weight excluding hydrogens is 377 g/mol. The van der Waals surface area contributed by atoms with E-state index < -0.39 is 5.97 Å². The van der Waals surface area contributed by atoms with Crippen molar-refractivity contribution in [1.82, 2.24) is 0 Å². The number of carbonyl (C=O) groups excluding carboxylic acids is 1. The molecule has 0 radical (unpaired) electrons. The van der Waals surface area contributed by atoms with E-state index in [4.69, 9.17) is 5.11 Å². The van der Waals surface area contributed by atoms with Crippen LogP contribution in [0.5, 0.6) is 0 Å². The number of thiophene rings is 1. The van der Waals surface area contributed by atoms with Gasteiger partial charge in [-0.3, -0.25) is 14.5 Å². The van der Waals surface area contributed by atoms with Crippen LogP contribution in [0.3, 0.4) is 0 Å². The van der Waals surface area contributed by atoms with Gasteiger partial charge in [-0.05, 0) is 40.8 Å². The average Bonchev–Trinajstić information content (AvgIpc) is 2.83. The Morgan fingerprint density at radius 1 is 1.26 bits per heavy atom. The minimum Gasteiger partial charge on any atom is -0.480 e. The molecule has 0 atom stereocenters. The van der Waals surface area contributed by atoms with E-state index in [-0.39, 0.29) is 12.5 Å². The molecule has 0 spiro atoms. The largest absolute Gasteiger partial charge is 0.480 e. The highest BCUT2D eigenvalue weighted by atomic mass is 127. The average molecular weight is 387 g/mol. The molecule has 0 unspecified atom stereocenters. The second-order valence-corrected chi connectivity index (χ2v) is 6.57. The summed E-state index contributed by atoms with van der Waals surface area (Å²) >= 11 is 3.58. The van der Waals surface area contributed by atoms with Crippen molar-refractivity contribution in [3.8, 4) is 0 Å². The topological polar surface area (TPSA) is 57.6 Å². The lowest BCUT2D eigenvalue weighted by molar-refractivity contribution is -0.135. The van der Waals surface area contributed by atoms with Gasteiger partial charge in [-0.15, -0.1) is 11.3 Å². The van der Waals surface area contributed by atoms with Gasteiger partial charge >= 0.3 is 5.97 Å². The minimum absolute atomic E-state index is 0.298. The fourth-order valence-electron chi connectivity index (χ4n) is 1.60. The van der Waals surface area contributed by atoms with E-state index in [0.717, 1.165) is 2.88 Å². The van der Waals surface area contributed by atoms with Crippen LogP contribution in [0.15, 0.2) is 41.8 Å². The van der Waals surface area contributed by atoms with Gasteiger partial charge in [0.25, 0.3) is 5.91 Å². The summed E-state index contributed by atoms with van der Waals surface area (Å²) in [6, 6.07) is 10.6. The van der Waals surface area contributed by atoms with Gasteiger partial charge in [-0.2, -0.15) is 0 Å². The van der Waals surface area contributed by atoms with Gasteiger partial charge in [0.1, 0.15) is 6.54 Å². The Hall–Kier alpha value is -1.41. The molecule has 0 aliphatic rings. The molecule has 0 aliphatic heterocycles. The van der Waals surface area contributed by atoms with Crippen LogP contribution >= 0.6 is 33.9 Å². The van der Waals surface area contributed by atoms with Crippen LogP contribution in [0.2, 0.25) is 0 Å². The zero-order chi connectivity index (χ0) is 13.8. The predicted octanol–water partition coefficient (Wildman–Crippen LogP) is 3.08. The standard InChI is InChI=1S/C13H10INO3S/c14-11-6-9(8-19-11)13(18)15(7-12(16)17)10-4-2-1-3-5-10/h1-6,8H,7H2,(H,16,17). The van der Waals surface area contributed by atoms with Crippen molar-refractivity contribution in [2.75, 3.05) is 11.4 Å². The van der Waals surface area contributed by atoms with Crippen LogP contribution in [0, 0.1) is 2.88 Å². The first kappa shape index (κ1) is 14.0. The molecule has 19 heavy (non-hydrogen) atoms. The van der Waals surface area contributed by atoms with E-state index in [1.807, 2.05) is 6.07 Å². The maximum absolute atomic E-state index is 12.4. The number of nitrogens with zero attached hydrogens (tertiary/aromatic N) is 1. The Kier molecular flexibility index (Phi) is 4.54. The summed E-state index contributed by atoms with van der Waals surface area (Å²) in [4.78, 5) is 24.6. The van der Waals surface area contributed by atoms with E-state index in [1.165, 1.54) is 16.2 Å². The first-order chi connectivity index (χ1) is 9.08. The zero-order valence-electron chi connectivity index (χ0n) is 9.75. The monoisotopic (exact) mass is 387 g/mol. The van der Waals surface area contributed by atoms with E-state index in [2.05, 4.69) is 22.6 Å². The van der Waals surface area contributed by atoms with E-state index in [9.17, 15) is 9.59 Å². The number of carbonyl (C=O) groups is 2. The number of halogens is 1. The van der Waals surface area contributed by atoms with Gasteiger partial charge in [0.2, 0.25) is 0 Å². The van der Waals surface area contributed by atoms with Crippen LogP contribution in [0.1, 0.15) is 10.4 Å². The number of benzene rings is 1. The number of anilines is 1. The van der Waals surface area contributed by atoms with Crippen molar-refractivity contribution in [1.29, 1.82) is 0 Å². The third-order valence-corrected chi connectivity index (χ3v) is 4.21. The molecule has 0 saturated heterocycles. The Balaban J connectivity index is 2.33. The summed E-state index contributed by atoms with van der Waals surface area (Å²) in [6.45, 7) is -0.352. The number of carboxylic acids is 1. The molecule has 2 rings (SSSR count). The molecule has 1 amide bonds. The number of amides is 1. The summed E-state index contributed by atoms with van der Waals surface area (Å²) in [5.41, 5.74) is 1.09. The molecule has 1 aromatic heterocycles. The summed E-state index contributed by atoms with van der Waals surface area (Å²) in [7, 11) is 0. The molecule has 0 fully saturated rings. The SMILES string of the molecule is O=C(O)CN(C(=O)c1csc(I)c1)c1ccccc1. The smallest absolute Gasteiger partial charge is 0.323 e. The maximum atomic E-state index is 12.4. The quantitative estimate of drug-likeness (QED) is 0.821. The second kappa shape index (κ2) is 6.16. The Morgan fingerprint density at radius 2 is 1.95 bits per heavy atom. The highest BCUT2D eigenvalue weighted by Gasteiger charge is 2.21. The molecule has 98 valence electrons. The van der Waals surface area contributed by atoms with Crippen LogP contribution in [-0.2, 0) is 4.79 Å². The summed E-state index contributed by atoms with van der Waals surface area (Å²) in [6.07, 6.45) is 0. The van der Waals surface area contributed by atoms with Crippen molar-refractivity contribution >= 4 is 51.5 Å². The molecule has 1 N–H and O–H groups in total. The summed E-state index contributed by atoms with van der Waals surface area (Å²) in [5, 5.41) is 10.7. The number of aliphatic carboxylic acids is 1. The van der Waals surface area contributed by atoms with Crippen molar-refractivity contribution in [2.24, 2.45) is 0 Å². The van der Waals surface area contributed by atoms with Crippen molar-refractivity contribution < 1.29 is 14.7 Å². The Morgan fingerprint density at radius 3 is 2.47 bits per heavy atom. The maximum Gasteiger partial charge on any atom is 0.323 e. The fourth-order valence-corrected chi connectivity index (χ4v) is 2.92. The third-order valence-electron chi connectivity index (χ3n) is 2.42. The molecule has 2 aromatic rings. The predicted molar refractivity (Wildman–Crippen MR) is 82.8 cm³/mol. The van der Waals surface area contributed by atoms with Crippen molar-refractivity contribution in [3.63, 3.8) is 0 Å². The first-order valence-corrected chi connectivity index (χ1v) is 7.36. The first-order valence-electron chi connectivity index (χ1n) is 5.40. The van der Waals surface area contributed by atoms with Crippen molar-refractivity contribution in [2.45, 2.75) is 0 Å². The lowest BCUT2D eigenvalue weighted by atomic mass is 10.2. The van der Waals surface area contributed by atoms with Crippen LogP contribution < -0.4 is 4.90 Å². The second-order valence-electron chi connectivity index (χ2n) is 3.76. The molecule has 1 aromatic carbocycles. The van der Waals surface area contributed by atoms with Crippen LogP contribution in [0.25, 0.3) is 0 Å². The molecule has 0 aliphatic carbocycles. The van der Waals surface area contributed by atoms with Crippen molar-refractivity contribution in [3.05, 3.63) is 50.2 Å². The number of rotatable bonds is 4. The highest BCUT2D eigenvalue weighted by Crippen LogP contribution is 2.21. The van der Waals surface area contributed by atoms with E-state index in [1.54, 1.807) is 35.7 Å². The normalized spacial score (nSPS) is 10.2. The summed E-state index contributed by atoms with van der Waals surface area (Å²) in [5.74, 6) is -1.34. The van der Waals surface area contributed by atoms with E-state index in [0.29, 0.717) is 11.3 Å². The molecule has 4 nitrogen and oxygen atoms in total.